The Labute approximate surface area is 229 Å². The summed E-state index contributed by atoms with van der Waals surface area (Å²) < 4.78 is 56.6. The third-order valence-electron chi connectivity index (χ3n) is 7.14. The Morgan fingerprint density at radius 1 is 0.725 bits per heavy atom. The van der Waals surface area contributed by atoms with Crippen LogP contribution in [0.2, 0.25) is 0 Å². The predicted molar refractivity (Wildman–Crippen MR) is 142 cm³/mol. The number of hydrogen-bond donors (Lipinski definition) is 0. The van der Waals surface area contributed by atoms with Gasteiger partial charge in [-0.25, -0.2) is 4.79 Å². The van der Waals surface area contributed by atoms with Gasteiger partial charge in [0.1, 0.15) is 0 Å². The van der Waals surface area contributed by atoms with Crippen molar-refractivity contribution in [1.82, 2.24) is 4.90 Å². The fourth-order valence-electron chi connectivity index (χ4n) is 5.31. The van der Waals surface area contributed by atoms with E-state index >= 15 is 13.2 Å². The molecule has 204 valence electrons. The minimum atomic E-state index is -5.17. The molecule has 1 unspecified atom stereocenters. The molecule has 0 bridgehead atoms. The summed E-state index contributed by atoms with van der Waals surface area (Å²) in [4.78, 5) is 29.4. The lowest BCUT2D eigenvalue weighted by molar-refractivity contribution is -0.275. The van der Waals surface area contributed by atoms with Crippen molar-refractivity contribution < 1.29 is 32.2 Å². The maximum Gasteiger partial charge on any atom is 0.430 e. The van der Waals surface area contributed by atoms with Crippen molar-refractivity contribution in [3.8, 4) is 0 Å². The Hall–Kier alpha value is -4.43. The highest BCUT2D eigenvalue weighted by molar-refractivity contribution is 5.93. The van der Waals surface area contributed by atoms with Gasteiger partial charge in [0.25, 0.3) is 11.5 Å². The molecule has 0 saturated carbocycles. The first-order valence-corrected chi connectivity index (χ1v) is 12.6. The second kappa shape index (κ2) is 11.0. The molecular formula is C32H26F3NO4. The molecule has 5 nitrogen and oxygen atoms in total. The summed E-state index contributed by atoms with van der Waals surface area (Å²) in [6, 6.07) is 29.6. The van der Waals surface area contributed by atoms with Gasteiger partial charge in [0.2, 0.25) is 0 Å². The number of esters is 1. The molecule has 1 saturated heterocycles. The number of carbonyl (C=O) groups is 2. The van der Waals surface area contributed by atoms with Crippen LogP contribution in [0.25, 0.3) is 0 Å². The van der Waals surface area contributed by atoms with Crippen LogP contribution in [0.5, 0.6) is 0 Å². The van der Waals surface area contributed by atoms with Crippen LogP contribution >= 0.6 is 0 Å². The number of cyclic esters (lactones) is 1. The summed E-state index contributed by atoms with van der Waals surface area (Å²) in [5, 5.41) is 0. The van der Waals surface area contributed by atoms with Crippen LogP contribution in [0.4, 0.5) is 13.2 Å². The van der Waals surface area contributed by atoms with E-state index in [0.29, 0.717) is 16.7 Å². The summed E-state index contributed by atoms with van der Waals surface area (Å²) in [6.45, 7) is 0. The van der Waals surface area contributed by atoms with Gasteiger partial charge in [-0.05, 0) is 16.7 Å². The number of amides is 1. The van der Waals surface area contributed by atoms with Gasteiger partial charge in [-0.15, -0.1) is 0 Å². The van der Waals surface area contributed by atoms with Crippen molar-refractivity contribution in [3.63, 3.8) is 0 Å². The average Bonchev–Trinajstić information content (AvgIpc) is 2.98. The fourth-order valence-corrected chi connectivity index (χ4v) is 5.31. The number of benzene rings is 4. The van der Waals surface area contributed by atoms with E-state index < -0.39 is 47.4 Å². The third kappa shape index (κ3) is 4.64. The maximum atomic E-state index is 15.2. The number of morpholine rings is 1. The molecule has 0 spiro atoms. The second-order valence-corrected chi connectivity index (χ2v) is 9.40. The molecule has 0 aromatic heterocycles. The van der Waals surface area contributed by atoms with Gasteiger partial charge in [-0.1, -0.05) is 121 Å². The van der Waals surface area contributed by atoms with Crippen molar-refractivity contribution in [2.24, 2.45) is 0 Å². The first kappa shape index (κ1) is 27.1. The van der Waals surface area contributed by atoms with Gasteiger partial charge in [0, 0.05) is 12.7 Å². The Kier molecular flexibility index (Phi) is 7.45. The Morgan fingerprint density at radius 3 is 1.65 bits per heavy atom. The number of hydrogen-bond acceptors (Lipinski definition) is 4. The standard InChI is InChI=1S/C32H26F3NO4/c1-39-31(32(33,34)35,25-20-12-5-13-21-25)30(38)36-26(22-14-6-2-7-15-22)28(24-18-10-4-11-19-24)40-29(37)27(36)23-16-8-3-9-17-23/h2-21,26-28H,1H3/t26-,27+,28+,31?/m0/s1. The number of carbonyl (C=O) groups excluding carboxylic acids is 2. The van der Waals surface area contributed by atoms with Gasteiger partial charge in [-0.2, -0.15) is 13.2 Å². The van der Waals surface area contributed by atoms with Gasteiger partial charge in [0.05, 0.1) is 6.04 Å². The smallest absolute Gasteiger partial charge is 0.430 e. The Bertz CT molecular complexity index is 1450. The zero-order valence-corrected chi connectivity index (χ0v) is 21.5. The molecule has 0 radical (unpaired) electrons. The minimum absolute atomic E-state index is 0.313. The van der Waals surface area contributed by atoms with E-state index in [4.69, 9.17) is 9.47 Å². The van der Waals surface area contributed by atoms with E-state index in [1.807, 2.05) is 0 Å². The molecule has 5 rings (SSSR count). The molecule has 1 fully saturated rings. The van der Waals surface area contributed by atoms with Crippen molar-refractivity contribution in [1.29, 1.82) is 0 Å². The molecule has 0 aliphatic carbocycles. The van der Waals surface area contributed by atoms with E-state index in [2.05, 4.69) is 0 Å². The summed E-state index contributed by atoms with van der Waals surface area (Å²) in [7, 11) is 0.852. The fraction of sp³-hybridized carbons (Fsp3) is 0.188. The zero-order chi connectivity index (χ0) is 28.3. The maximum absolute atomic E-state index is 15.2. The quantitative estimate of drug-likeness (QED) is 0.253. The lowest BCUT2D eigenvalue weighted by Crippen LogP contribution is -2.61. The number of alkyl halides is 3. The van der Waals surface area contributed by atoms with Gasteiger partial charge in [0.15, 0.2) is 12.1 Å². The van der Waals surface area contributed by atoms with Gasteiger partial charge < -0.3 is 14.4 Å². The number of rotatable bonds is 6. The second-order valence-electron chi connectivity index (χ2n) is 9.40. The molecule has 1 aliphatic heterocycles. The Morgan fingerprint density at radius 2 is 1.18 bits per heavy atom. The van der Waals surface area contributed by atoms with Crippen LogP contribution in [-0.4, -0.2) is 30.1 Å². The lowest BCUT2D eigenvalue weighted by atomic mass is 9.84. The molecule has 1 aliphatic rings. The van der Waals surface area contributed by atoms with E-state index in [9.17, 15) is 9.59 Å². The molecule has 4 aromatic rings. The molecular weight excluding hydrogens is 519 g/mol. The van der Waals surface area contributed by atoms with Crippen LogP contribution in [0.3, 0.4) is 0 Å². The van der Waals surface area contributed by atoms with Crippen LogP contribution in [0.15, 0.2) is 121 Å². The number of ether oxygens (including phenoxy) is 2. The van der Waals surface area contributed by atoms with E-state index in [-0.39, 0.29) is 0 Å². The third-order valence-corrected chi connectivity index (χ3v) is 7.14. The van der Waals surface area contributed by atoms with Crippen molar-refractivity contribution in [2.45, 2.75) is 30.0 Å². The molecule has 8 heteroatoms. The molecule has 4 atom stereocenters. The van der Waals surface area contributed by atoms with E-state index in [1.54, 1.807) is 97.1 Å². The number of methoxy groups -OCH3 is 1. The van der Waals surface area contributed by atoms with E-state index in [0.717, 1.165) is 12.0 Å². The highest BCUT2D eigenvalue weighted by Gasteiger charge is 2.66. The summed E-state index contributed by atoms with van der Waals surface area (Å²) in [5.41, 5.74) is -2.45. The van der Waals surface area contributed by atoms with Crippen molar-refractivity contribution >= 4 is 11.9 Å². The summed E-state index contributed by atoms with van der Waals surface area (Å²) in [5.74, 6) is -2.27. The molecule has 0 N–H and O–H groups in total. The SMILES string of the molecule is COC(C(=O)N1[C@H](c2ccccc2)C(=O)O[C@H](c2ccccc2)[C@@H]1c1ccccc1)(c1ccccc1)C(F)(F)F. The van der Waals surface area contributed by atoms with Crippen molar-refractivity contribution in [3.05, 3.63) is 144 Å². The molecule has 4 aromatic carbocycles. The Balaban J connectivity index is 1.80. The summed E-state index contributed by atoms with van der Waals surface area (Å²) >= 11 is 0. The van der Waals surface area contributed by atoms with Crippen LogP contribution in [0.1, 0.15) is 40.4 Å². The average molecular weight is 546 g/mol. The highest BCUT2D eigenvalue weighted by atomic mass is 19.4. The molecule has 1 amide bonds. The first-order chi connectivity index (χ1) is 19.3. The van der Waals surface area contributed by atoms with Crippen LogP contribution < -0.4 is 0 Å². The first-order valence-electron chi connectivity index (χ1n) is 12.6. The topological polar surface area (TPSA) is 55.8 Å². The molecule has 40 heavy (non-hydrogen) atoms. The predicted octanol–water partition coefficient (Wildman–Crippen LogP) is 6.70. The number of nitrogens with zero attached hydrogens (tertiary/aromatic N) is 1. The number of halogens is 3. The summed E-state index contributed by atoms with van der Waals surface area (Å²) in [6.07, 6.45) is -6.26. The zero-order valence-electron chi connectivity index (χ0n) is 21.5. The lowest BCUT2D eigenvalue weighted by Gasteiger charge is -2.48. The van der Waals surface area contributed by atoms with Crippen LogP contribution in [0, 0.1) is 0 Å². The monoisotopic (exact) mass is 545 g/mol. The van der Waals surface area contributed by atoms with Crippen molar-refractivity contribution in [2.75, 3.05) is 7.11 Å². The largest absolute Gasteiger partial charge is 0.453 e. The van der Waals surface area contributed by atoms with Gasteiger partial charge >= 0.3 is 12.1 Å². The normalized spacial score (nSPS) is 20.9. The molecule has 1 heterocycles. The van der Waals surface area contributed by atoms with Crippen LogP contribution in [-0.2, 0) is 24.7 Å². The highest BCUT2D eigenvalue weighted by Crippen LogP contribution is 2.51. The van der Waals surface area contributed by atoms with Gasteiger partial charge in [-0.3, -0.25) is 4.79 Å². The minimum Gasteiger partial charge on any atom is -0.453 e. The van der Waals surface area contributed by atoms with E-state index in [1.165, 1.54) is 24.3 Å².